The normalized spacial score (nSPS) is 14.6. The zero-order valence-corrected chi connectivity index (χ0v) is 7.84. The maximum Gasteiger partial charge on any atom is 0.285 e. The SMILES string of the molecule is O=C1c2ccccc2C(=O)N1OCCO. The first-order valence-electron chi connectivity index (χ1n) is 4.47. The van der Waals surface area contributed by atoms with Gasteiger partial charge >= 0.3 is 0 Å². The summed E-state index contributed by atoms with van der Waals surface area (Å²) < 4.78 is 0. The van der Waals surface area contributed by atoms with Crippen LogP contribution in [-0.4, -0.2) is 35.2 Å². The van der Waals surface area contributed by atoms with Crippen LogP contribution in [0.4, 0.5) is 0 Å². The van der Waals surface area contributed by atoms with E-state index in [1.54, 1.807) is 24.3 Å². The first kappa shape index (κ1) is 9.82. The fourth-order valence-electron chi connectivity index (χ4n) is 1.42. The average molecular weight is 207 g/mol. The maximum atomic E-state index is 11.6. The Balaban J connectivity index is 2.29. The molecule has 78 valence electrons. The first-order valence-corrected chi connectivity index (χ1v) is 4.47. The highest BCUT2D eigenvalue weighted by atomic mass is 16.7. The number of hydrogen-bond donors (Lipinski definition) is 1. The summed E-state index contributed by atoms with van der Waals surface area (Å²) >= 11 is 0. The zero-order valence-electron chi connectivity index (χ0n) is 7.84. The van der Waals surface area contributed by atoms with Gasteiger partial charge in [-0.05, 0) is 12.1 Å². The van der Waals surface area contributed by atoms with Crippen LogP contribution in [0.3, 0.4) is 0 Å². The van der Waals surface area contributed by atoms with Crippen molar-refractivity contribution in [1.29, 1.82) is 0 Å². The summed E-state index contributed by atoms with van der Waals surface area (Å²) in [5.74, 6) is -0.965. The van der Waals surface area contributed by atoms with Crippen LogP contribution in [-0.2, 0) is 4.84 Å². The number of carbonyl (C=O) groups is 2. The van der Waals surface area contributed by atoms with Crippen LogP contribution in [0.1, 0.15) is 20.7 Å². The van der Waals surface area contributed by atoms with E-state index in [-0.39, 0.29) is 13.2 Å². The van der Waals surface area contributed by atoms with E-state index in [4.69, 9.17) is 9.94 Å². The Bertz CT molecular complexity index is 381. The molecule has 1 N–H and O–H groups in total. The van der Waals surface area contributed by atoms with E-state index in [2.05, 4.69) is 0 Å². The summed E-state index contributed by atoms with van der Waals surface area (Å²) in [5, 5.41) is 9.22. The van der Waals surface area contributed by atoms with Crippen LogP contribution in [0.25, 0.3) is 0 Å². The standard InChI is InChI=1S/C10H9NO4/c12-5-6-15-11-9(13)7-3-1-2-4-8(7)10(11)14/h1-4,12H,5-6H2. The lowest BCUT2D eigenvalue weighted by molar-refractivity contribution is -0.0994. The van der Waals surface area contributed by atoms with Crippen LogP contribution >= 0.6 is 0 Å². The summed E-state index contributed by atoms with van der Waals surface area (Å²) in [5.41, 5.74) is 0.667. The Morgan fingerprint density at radius 2 is 1.67 bits per heavy atom. The number of nitrogens with zero attached hydrogens (tertiary/aromatic N) is 1. The largest absolute Gasteiger partial charge is 0.394 e. The third-order valence-electron chi connectivity index (χ3n) is 2.07. The molecule has 5 nitrogen and oxygen atoms in total. The van der Waals surface area contributed by atoms with Crippen molar-refractivity contribution in [3.63, 3.8) is 0 Å². The molecule has 0 aromatic heterocycles. The molecule has 0 radical (unpaired) electrons. The molecule has 1 aromatic carbocycles. The molecule has 2 rings (SSSR count). The van der Waals surface area contributed by atoms with E-state index in [0.29, 0.717) is 16.2 Å². The highest BCUT2D eigenvalue weighted by molar-refractivity contribution is 6.20. The van der Waals surface area contributed by atoms with Crippen molar-refractivity contribution in [1.82, 2.24) is 5.06 Å². The van der Waals surface area contributed by atoms with Crippen molar-refractivity contribution < 1.29 is 19.5 Å². The second-order valence-electron chi connectivity index (χ2n) is 3.01. The number of fused-ring (bicyclic) bond motifs is 1. The number of aliphatic hydroxyl groups excluding tert-OH is 1. The second kappa shape index (κ2) is 3.80. The minimum absolute atomic E-state index is 0.0779. The lowest BCUT2D eigenvalue weighted by Crippen LogP contribution is -2.31. The fraction of sp³-hybridized carbons (Fsp3) is 0.200. The quantitative estimate of drug-likeness (QED) is 0.719. The summed E-state index contributed by atoms with van der Waals surface area (Å²) in [7, 11) is 0. The van der Waals surface area contributed by atoms with Gasteiger partial charge in [0, 0.05) is 0 Å². The molecule has 0 atom stereocenters. The van der Waals surface area contributed by atoms with E-state index in [9.17, 15) is 9.59 Å². The molecule has 0 spiro atoms. The van der Waals surface area contributed by atoms with Gasteiger partial charge in [-0.15, -0.1) is 5.06 Å². The predicted molar refractivity (Wildman–Crippen MR) is 50.0 cm³/mol. The molecule has 1 aliphatic rings. The summed E-state index contributed by atoms with van der Waals surface area (Å²) in [6.45, 7) is -0.321. The molecule has 1 heterocycles. The highest BCUT2D eigenvalue weighted by Crippen LogP contribution is 2.22. The molecular weight excluding hydrogens is 198 g/mol. The molecule has 1 aliphatic heterocycles. The topological polar surface area (TPSA) is 66.8 Å². The van der Waals surface area contributed by atoms with Crippen LogP contribution in [0.2, 0.25) is 0 Å². The van der Waals surface area contributed by atoms with Crippen molar-refractivity contribution in [3.8, 4) is 0 Å². The highest BCUT2D eigenvalue weighted by Gasteiger charge is 2.36. The minimum atomic E-state index is -0.482. The van der Waals surface area contributed by atoms with E-state index in [1.807, 2.05) is 0 Å². The van der Waals surface area contributed by atoms with E-state index in [1.165, 1.54) is 0 Å². The van der Waals surface area contributed by atoms with Gasteiger partial charge in [0.05, 0.1) is 24.3 Å². The molecule has 0 aliphatic carbocycles. The van der Waals surface area contributed by atoms with Gasteiger partial charge in [0.2, 0.25) is 0 Å². The smallest absolute Gasteiger partial charge is 0.285 e. The van der Waals surface area contributed by atoms with Gasteiger partial charge in [-0.2, -0.15) is 0 Å². The zero-order chi connectivity index (χ0) is 10.8. The van der Waals surface area contributed by atoms with Gasteiger partial charge < -0.3 is 5.11 Å². The van der Waals surface area contributed by atoms with Crippen LogP contribution in [0.5, 0.6) is 0 Å². The molecule has 0 fully saturated rings. The second-order valence-corrected chi connectivity index (χ2v) is 3.01. The van der Waals surface area contributed by atoms with Gasteiger partial charge in [0.25, 0.3) is 11.8 Å². The third kappa shape index (κ3) is 1.51. The van der Waals surface area contributed by atoms with E-state index >= 15 is 0 Å². The van der Waals surface area contributed by atoms with Gasteiger partial charge in [0.1, 0.15) is 0 Å². The van der Waals surface area contributed by atoms with Gasteiger partial charge in [0.15, 0.2) is 0 Å². The molecule has 15 heavy (non-hydrogen) atoms. The third-order valence-corrected chi connectivity index (χ3v) is 2.07. The van der Waals surface area contributed by atoms with Crippen molar-refractivity contribution >= 4 is 11.8 Å². The average Bonchev–Trinajstić information content (AvgIpc) is 2.51. The number of amides is 2. The maximum absolute atomic E-state index is 11.6. The molecule has 0 unspecified atom stereocenters. The lowest BCUT2D eigenvalue weighted by Gasteiger charge is -2.11. The predicted octanol–water partition coefficient (Wildman–Crippen LogP) is 0.206. The van der Waals surface area contributed by atoms with Crippen molar-refractivity contribution in [2.24, 2.45) is 0 Å². The van der Waals surface area contributed by atoms with Gasteiger partial charge in [-0.3, -0.25) is 14.4 Å². The fourth-order valence-corrected chi connectivity index (χ4v) is 1.42. The number of hydrogen-bond acceptors (Lipinski definition) is 4. The Labute approximate surface area is 85.8 Å². The monoisotopic (exact) mass is 207 g/mol. The number of hydroxylamine groups is 2. The summed E-state index contributed by atoms with van der Waals surface area (Å²) in [6, 6.07) is 6.49. The first-order chi connectivity index (χ1) is 7.25. The van der Waals surface area contributed by atoms with E-state index in [0.717, 1.165) is 0 Å². The van der Waals surface area contributed by atoms with Gasteiger partial charge in [-0.25, -0.2) is 0 Å². The van der Waals surface area contributed by atoms with Crippen LogP contribution in [0, 0.1) is 0 Å². The van der Waals surface area contributed by atoms with Crippen molar-refractivity contribution in [3.05, 3.63) is 35.4 Å². The van der Waals surface area contributed by atoms with Crippen molar-refractivity contribution in [2.45, 2.75) is 0 Å². The molecule has 0 bridgehead atoms. The van der Waals surface area contributed by atoms with Crippen LogP contribution < -0.4 is 0 Å². The minimum Gasteiger partial charge on any atom is -0.394 e. The molecule has 0 saturated heterocycles. The molecule has 2 amide bonds. The van der Waals surface area contributed by atoms with E-state index < -0.39 is 11.8 Å². The Hall–Kier alpha value is -1.72. The lowest BCUT2D eigenvalue weighted by atomic mass is 10.1. The number of aliphatic hydroxyl groups is 1. The molecule has 0 saturated carbocycles. The Kier molecular flexibility index (Phi) is 2.49. The molecule has 5 heteroatoms. The molecule has 1 aromatic rings. The van der Waals surface area contributed by atoms with Gasteiger partial charge in [-0.1, -0.05) is 12.1 Å². The number of imide groups is 1. The van der Waals surface area contributed by atoms with Crippen LogP contribution in [0.15, 0.2) is 24.3 Å². The Morgan fingerprint density at radius 3 is 2.13 bits per heavy atom. The van der Waals surface area contributed by atoms with Crippen molar-refractivity contribution in [2.75, 3.05) is 13.2 Å². The summed E-state index contributed by atoms with van der Waals surface area (Å²) in [4.78, 5) is 28.1. The Morgan fingerprint density at radius 1 is 1.13 bits per heavy atom. The molecular formula is C10H9NO4. The number of carbonyl (C=O) groups excluding carboxylic acids is 2. The number of rotatable bonds is 3. The summed E-state index contributed by atoms with van der Waals surface area (Å²) in [6.07, 6.45) is 0. The number of benzene rings is 1.